The summed E-state index contributed by atoms with van der Waals surface area (Å²) in [4.78, 5) is 24.7. The van der Waals surface area contributed by atoms with Crippen LogP contribution in [0.4, 0.5) is 4.39 Å². The number of benzene rings is 3. The van der Waals surface area contributed by atoms with Gasteiger partial charge in [0.15, 0.2) is 0 Å². The van der Waals surface area contributed by atoms with Crippen LogP contribution in [0.15, 0.2) is 65.5 Å². The first-order valence-corrected chi connectivity index (χ1v) is 14.9. The van der Waals surface area contributed by atoms with E-state index in [-0.39, 0.29) is 16.5 Å². The Hall–Kier alpha value is -3.10. The number of nitrogens with zero attached hydrogens (tertiary/aromatic N) is 1. The van der Waals surface area contributed by atoms with Gasteiger partial charge in [-0.3, -0.25) is 14.2 Å². The summed E-state index contributed by atoms with van der Waals surface area (Å²) in [5, 5.41) is 14.0. The minimum atomic E-state index is -0.836. The molecular formula is C32H32Cl3FN2O4. The number of nitrogens with one attached hydrogen (secondary N) is 1. The molecule has 0 bridgehead atoms. The van der Waals surface area contributed by atoms with Crippen LogP contribution in [-0.2, 0) is 4.79 Å². The number of halogens is 4. The van der Waals surface area contributed by atoms with Gasteiger partial charge in [-0.05, 0) is 86.2 Å². The molecule has 3 aromatic carbocycles. The van der Waals surface area contributed by atoms with Gasteiger partial charge in [-0.1, -0.05) is 54.7 Å². The van der Waals surface area contributed by atoms with Gasteiger partial charge in [0.2, 0.25) is 0 Å². The highest BCUT2D eigenvalue weighted by Crippen LogP contribution is 2.38. The molecule has 0 amide bonds. The molecule has 4 aromatic rings. The Morgan fingerprint density at radius 2 is 1.69 bits per heavy atom. The summed E-state index contributed by atoms with van der Waals surface area (Å²) in [5.41, 5.74) is 1.73. The fourth-order valence-corrected chi connectivity index (χ4v) is 5.72. The molecule has 0 aliphatic rings. The molecular weight excluding hydrogens is 602 g/mol. The van der Waals surface area contributed by atoms with Gasteiger partial charge in [-0.15, -0.1) is 0 Å². The Bertz CT molecular complexity index is 1620. The molecule has 0 saturated carbocycles. The van der Waals surface area contributed by atoms with Crippen molar-refractivity contribution in [3.8, 4) is 22.6 Å². The summed E-state index contributed by atoms with van der Waals surface area (Å²) in [7, 11) is 0. The SMILES string of the molecule is CC(C)C[C@H](NCCCCCOc1cc(-c2ccc(F)cc2Cl)c2ccc(=O)n(-c3c(Cl)cccc3Cl)c2c1)C(=O)O. The fourth-order valence-electron chi connectivity index (χ4n) is 4.88. The second-order valence-electron chi connectivity index (χ2n) is 10.5. The lowest BCUT2D eigenvalue weighted by molar-refractivity contribution is -0.139. The molecule has 6 nitrogen and oxygen atoms in total. The van der Waals surface area contributed by atoms with Crippen molar-refractivity contribution in [3.05, 3.63) is 91.9 Å². The average Bonchev–Trinajstić information content (AvgIpc) is 2.92. The summed E-state index contributed by atoms with van der Waals surface area (Å²) >= 11 is 19.5. The Morgan fingerprint density at radius 1 is 0.952 bits per heavy atom. The lowest BCUT2D eigenvalue weighted by Crippen LogP contribution is -2.38. The standard InChI is InChI=1S/C32H32Cl3FN2O4/c1-19(2)15-28(32(40)41)37-13-4-3-5-14-42-21-17-24(22-10-9-20(36)16-27(22)35)23-11-12-30(39)38(29(23)18-21)31-25(33)7-6-8-26(31)34/h6-12,16-19,28,37H,3-5,13-15H2,1-2H3,(H,40,41)/t28-/m0/s1. The molecule has 1 atom stereocenters. The van der Waals surface area contributed by atoms with E-state index in [2.05, 4.69) is 5.32 Å². The molecule has 4 rings (SSSR count). The second-order valence-corrected chi connectivity index (χ2v) is 11.7. The number of rotatable bonds is 13. The normalized spacial score (nSPS) is 12.2. The van der Waals surface area contributed by atoms with Gasteiger partial charge in [0.05, 0.1) is 32.9 Å². The number of para-hydroxylation sites is 1. The summed E-state index contributed by atoms with van der Waals surface area (Å²) in [6, 6.07) is 15.3. The zero-order valence-corrected chi connectivity index (χ0v) is 25.6. The zero-order chi connectivity index (χ0) is 30.4. The molecule has 0 saturated heterocycles. The van der Waals surface area contributed by atoms with Crippen molar-refractivity contribution >= 4 is 51.7 Å². The number of hydrogen-bond acceptors (Lipinski definition) is 4. The van der Waals surface area contributed by atoms with E-state index < -0.39 is 17.8 Å². The molecule has 1 aromatic heterocycles. The van der Waals surface area contributed by atoms with Crippen LogP contribution in [0.5, 0.6) is 5.75 Å². The van der Waals surface area contributed by atoms with Gasteiger partial charge in [0, 0.05) is 23.1 Å². The van der Waals surface area contributed by atoms with Crippen molar-refractivity contribution in [1.82, 2.24) is 9.88 Å². The van der Waals surface area contributed by atoms with Crippen LogP contribution in [0.3, 0.4) is 0 Å². The highest BCUT2D eigenvalue weighted by Gasteiger charge is 2.19. The van der Waals surface area contributed by atoms with Gasteiger partial charge in [-0.2, -0.15) is 0 Å². The van der Waals surface area contributed by atoms with Crippen LogP contribution >= 0.6 is 34.8 Å². The van der Waals surface area contributed by atoms with Crippen LogP contribution in [0, 0.1) is 11.7 Å². The second kappa shape index (κ2) is 14.4. The van der Waals surface area contributed by atoms with Gasteiger partial charge >= 0.3 is 5.97 Å². The number of unbranched alkanes of at least 4 members (excludes halogenated alkanes) is 2. The van der Waals surface area contributed by atoms with Crippen molar-refractivity contribution in [2.45, 2.75) is 45.6 Å². The molecule has 10 heteroatoms. The van der Waals surface area contributed by atoms with Gasteiger partial charge in [0.1, 0.15) is 17.6 Å². The number of hydrogen-bond donors (Lipinski definition) is 2. The Kier molecular flexibility index (Phi) is 10.9. The van der Waals surface area contributed by atoms with E-state index in [9.17, 15) is 19.1 Å². The Labute approximate surface area is 259 Å². The molecule has 0 fully saturated rings. The maximum Gasteiger partial charge on any atom is 0.320 e. The van der Waals surface area contributed by atoms with Crippen LogP contribution in [0.2, 0.25) is 15.1 Å². The quantitative estimate of drug-likeness (QED) is 0.145. The summed E-state index contributed by atoms with van der Waals surface area (Å²) in [5.74, 6) is -0.527. The summed E-state index contributed by atoms with van der Waals surface area (Å²) < 4.78 is 21.5. The number of carbonyl (C=O) groups is 1. The van der Waals surface area contributed by atoms with E-state index in [1.165, 1.54) is 22.8 Å². The summed E-state index contributed by atoms with van der Waals surface area (Å²) in [6.45, 7) is 4.98. The first-order valence-electron chi connectivity index (χ1n) is 13.8. The average molecular weight is 634 g/mol. The third-order valence-electron chi connectivity index (χ3n) is 6.85. The first-order chi connectivity index (χ1) is 20.1. The number of aromatic nitrogens is 1. The van der Waals surface area contributed by atoms with Crippen LogP contribution in [-0.4, -0.2) is 34.8 Å². The third-order valence-corrected chi connectivity index (χ3v) is 7.78. The van der Waals surface area contributed by atoms with Crippen molar-refractivity contribution in [2.24, 2.45) is 5.92 Å². The highest BCUT2D eigenvalue weighted by molar-refractivity contribution is 6.38. The maximum absolute atomic E-state index is 13.9. The lowest BCUT2D eigenvalue weighted by atomic mass is 9.99. The molecule has 0 unspecified atom stereocenters. The van der Waals surface area contributed by atoms with Crippen LogP contribution < -0.4 is 15.6 Å². The van der Waals surface area contributed by atoms with Gasteiger partial charge in [0.25, 0.3) is 5.56 Å². The van der Waals surface area contributed by atoms with E-state index in [4.69, 9.17) is 39.5 Å². The first kappa shape index (κ1) is 31.8. The highest BCUT2D eigenvalue weighted by atomic mass is 35.5. The predicted octanol–water partition coefficient (Wildman–Crippen LogP) is 8.40. The van der Waals surface area contributed by atoms with Gasteiger partial charge < -0.3 is 15.2 Å². The largest absolute Gasteiger partial charge is 0.493 e. The van der Waals surface area contributed by atoms with Crippen molar-refractivity contribution < 1.29 is 19.0 Å². The molecule has 222 valence electrons. The number of fused-ring (bicyclic) bond motifs is 1. The van der Waals surface area contributed by atoms with E-state index in [0.717, 1.165) is 19.3 Å². The molecule has 42 heavy (non-hydrogen) atoms. The molecule has 2 N–H and O–H groups in total. The fraction of sp³-hybridized carbons (Fsp3) is 0.312. The number of aliphatic carboxylic acids is 1. The van der Waals surface area contributed by atoms with E-state index >= 15 is 0 Å². The molecule has 0 radical (unpaired) electrons. The van der Waals surface area contributed by atoms with Crippen LogP contribution in [0.1, 0.15) is 39.5 Å². The molecule has 0 aliphatic carbocycles. The number of pyridine rings is 1. The summed E-state index contributed by atoms with van der Waals surface area (Å²) in [6.07, 6.45) is 2.92. The van der Waals surface area contributed by atoms with E-state index in [0.29, 0.717) is 63.1 Å². The van der Waals surface area contributed by atoms with Gasteiger partial charge in [-0.25, -0.2) is 4.39 Å². The Morgan fingerprint density at radius 3 is 2.36 bits per heavy atom. The van der Waals surface area contributed by atoms with E-state index in [1.807, 2.05) is 19.9 Å². The lowest BCUT2D eigenvalue weighted by Gasteiger charge is -2.18. The minimum absolute atomic E-state index is 0.214. The number of carboxylic acids is 1. The topological polar surface area (TPSA) is 80.6 Å². The maximum atomic E-state index is 13.9. The monoisotopic (exact) mass is 632 g/mol. The third kappa shape index (κ3) is 7.64. The number of ether oxygens (including phenoxy) is 1. The van der Waals surface area contributed by atoms with Crippen molar-refractivity contribution in [2.75, 3.05) is 13.2 Å². The van der Waals surface area contributed by atoms with Crippen molar-refractivity contribution in [3.63, 3.8) is 0 Å². The predicted molar refractivity (Wildman–Crippen MR) is 168 cm³/mol. The number of carboxylic acid groups (broad SMARTS) is 1. The zero-order valence-electron chi connectivity index (χ0n) is 23.3. The van der Waals surface area contributed by atoms with E-state index in [1.54, 1.807) is 36.4 Å². The smallest absolute Gasteiger partial charge is 0.320 e. The molecule has 0 aliphatic heterocycles. The minimum Gasteiger partial charge on any atom is -0.493 e. The molecule has 0 spiro atoms. The van der Waals surface area contributed by atoms with Crippen LogP contribution in [0.25, 0.3) is 27.7 Å². The van der Waals surface area contributed by atoms with Crippen molar-refractivity contribution in [1.29, 1.82) is 0 Å². The molecule has 1 heterocycles. The Balaban J connectivity index is 1.61.